The molecular weight excluding hydrogens is 272 g/mol. The smallest absolute Gasteiger partial charge is 0.237 e. The summed E-state index contributed by atoms with van der Waals surface area (Å²) in [6, 6.07) is 8.75. The van der Waals surface area contributed by atoms with E-state index in [0.717, 1.165) is 32.2 Å². The Bertz CT molecular complexity index is 471. The van der Waals surface area contributed by atoms with E-state index < -0.39 is 0 Å². The fraction of sp³-hybridized carbons (Fsp3) is 0.562. The molecule has 0 bridgehead atoms. The number of carbonyl (C=O) groups excluding carboxylic acids is 1. The average Bonchev–Trinajstić information content (AvgIpc) is 2.96. The molecule has 1 heterocycles. The number of nitrogens with one attached hydrogen (secondary N) is 2. The molecule has 0 spiro atoms. The van der Waals surface area contributed by atoms with E-state index in [0.29, 0.717) is 5.92 Å². The Morgan fingerprint density at radius 2 is 1.95 bits per heavy atom. The molecule has 20 heavy (non-hydrogen) atoms. The third kappa shape index (κ3) is 2.99. The lowest BCUT2D eigenvalue weighted by atomic mass is 9.81. The predicted octanol–water partition coefficient (Wildman–Crippen LogP) is 2.92. The summed E-state index contributed by atoms with van der Waals surface area (Å²) in [4.78, 5) is 12.2. The van der Waals surface area contributed by atoms with Gasteiger partial charge >= 0.3 is 0 Å². The molecule has 1 aromatic carbocycles. The van der Waals surface area contributed by atoms with Crippen molar-refractivity contribution in [1.29, 1.82) is 0 Å². The van der Waals surface area contributed by atoms with Crippen LogP contribution < -0.4 is 10.6 Å². The summed E-state index contributed by atoms with van der Waals surface area (Å²) in [6.45, 7) is 3.24. The maximum Gasteiger partial charge on any atom is 0.237 e. The normalized spacial score (nSPS) is 28.4. The molecule has 110 valence electrons. The Morgan fingerprint density at radius 3 is 2.65 bits per heavy atom. The fourth-order valence-electron chi connectivity index (χ4n) is 3.34. The maximum atomic E-state index is 12.2. The van der Waals surface area contributed by atoms with Gasteiger partial charge in [0.1, 0.15) is 0 Å². The first-order chi connectivity index (χ1) is 9.25. The van der Waals surface area contributed by atoms with Crippen LogP contribution in [0.1, 0.15) is 55.7 Å². The van der Waals surface area contributed by atoms with Gasteiger partial charge in [0.15, 0.2) is 0 Å². The number of fused-ring (bicyclic) bond motifs is 1. The highest BCUT2D eigenvalue weighted by molar-refractivity contribution is 5.85. The maximum absolute atomic E-state index is 12.2. The lowest BCUT2D eigenvalue weighted by Crippen LogP contribution is -2.42. The summed E-state index contributed by atoms with van der Waals surface area (Å²) >= 11 is 0. The quantitative estimate of drug-likeness (QED) is 0.880. The first-order valence-electron chi connectivity index (χ1n) is 7.38. The SMILES string of the molecule is CC1CCC(NC(=O)C2CCCN2)c2ccccc21.Cl. The van der Waals surface area contributed by atoms with E-state index in [4.69, 9.17) is 0 Å². The Morgan fingerprint density at radius 1 is 1.20 bits per heavy atom. The Balaban J connectivity index is 0.00000147. The van der Waals surface area contributed by atoms with Gasteiger partial charge in [-0.1, -0.05) is 31.2 Å². The van der Waals surface area contributed by atoms with E-state index in [1.54, 1.807) is 0 Å². The molecule has 3 unspecified atom stereocenters. The molecule has 1 fully saturated rings. The number of hydrogen-bond acceptors (Lipinski definition) is 2. The van der Waals surface area contributed by atoms with E-state index in [2.05, 4.69) is 41.8 Å². The van der Waals surface area contributed by atoms with E-state index >= 15 is 0 Å². The molecule has 3 atom stereocenters. The minimum atomic E-state index is 0. The average molecular weight is 295 g/mol. The summed E-state index contributed by atoms with van der Waals surface area (Å²) in [5, 5.41) is 6.50. The van der Waals surface area contributed by atoms with Crippen LogP contribution in [0.2, 0.25) is 0 Å². The fourth-order valence-corrected chi connectivity index (χ4v) is 3.34. The number of carbonyl (C=O) groups is 1. The van der Waals surface area contributed by atoms with Crippen molar-refractivity contribution in [3.05, 3.63) is 35.4 Å². The van der Waals surface area contributed by atoms with Crippen LogP contribution in [0.3, 0.4) is 0 Å². The minimum absolute atomic E-state index is 0. The van der Waals surface area contributed by atoms with E-state index in [-0.39, 0.29) is 30.4 Å². The Hall–Kier alpha value is -1.06. The van der Waals surface area contributed by atoms with Crippen LogP contribution in [-0.2, 0) is 4.79 Å². The third-order valence-corrected chi connectivity index (χ3v) is 4.48. The number of halogens is 1. The Kier molecular flexibility index (Phi) is 5.06. The molecule has 0 saturated carbocycles. The first kappa shape index (κ1) is 15.3. The molecule has 1 aliphatic carbocycles. The molecule has 1 aliphatic heterocycles. The second kappa shape index (κ2) is 6.59. The summed E-state index contributed by atoms with van der Waals surface area (Å²) in [5.74, 6) is 0.779. The van der Waals surface area contributed by atoms with E-state index in [1.165, 1.54) is 11.1 Å². The first-order valence-corrected chi connectivity index (χ1v) is 7.38. The van der Waals surface area contributed by atoms with Crippen LogP contribution in [0, 0.1) is 0 Å². The summed E-state index contributed by atoms with van der Waals surface area (Å²) in [7, 11) is 0. The van der Waals surface area contributed by atoms with Crippen molar-refractivity contribution < 1.29 is 4.79 Å². The molecule has 3 nitrogen and oxygen atoms in total. The van der Waals surface area contributed by atoms with Gasteiger partial charge in [-0.3, -0.25) is 4.79 Å². The molecular formula is C16H23ClN2O. The van der Waals surface area contributed by atoms with Crippen molar-refractivity contribution >= 4 is 18.3 Å². The van der Waals surface area contributed by atoms with Crippen LogP contribution in [0.4, 0.5) is 0 Å². The van der Waals surface area contributed by atoms with Crippen molar-refractivity contribution in [3.63, 3.8) is 0 Å². The molecule has 0 aromatic heterocycles. The number of rotatable bonds is 2. The second-order valence-electron chi connectivity index (χ2n) is 5.82. The highest BCUT2D eigenvalue weighted by atomic mass is 35.5. The third-order valence-electron chi connectivity index (χ3n) is 4.48. The van der Waals surface area contributed by atoms with Crippen LogP contribution in [0.15, 0.2) is 24.3 Å². The Labute approximate surface area is 126 Å². The molecule has 1 amide bonds. The zero-order chi connectivity index (χ0) is 13.2. The summed E-state index contributed by atoms with van der Waals surface area (Å²) in [5.41, 5.74) is 2.71. The number of benzene rings is 1. The molecule has 4 heteroatoms. The largest absolute Gasteiger partial charge is 0.348 e. The van der Waals surface area contributed by atoms with Crippen molar-refractivity contribution in [1.82, 2.24) is 10.6 Å². The lowest BCUT2D eigenvalue weighted by molar-refractivity contribution is -0.123. The van der Waals surface area contributed by atoms with E-state index in [1.807, 2.05) is 0 Å². The molecule has 2 N–H and O–H groups in total. The molecule has 2 aliphatic rings. The predicted molar refractivity (Wildman–Crippen MR) is 83.2 cm³/mol. The zero-order valence-electron chi connectivity index (χ0n) is 11.9. The van der Waals surface area contributed by atoms with Gasteiger partial charge in [0, 0.05) is 0 Å². The molecule has 0 radical (unpaired) electrons. The van der Waals surface area contributed by atoms with Gasteiger partial charge in [-0.25, -0.2) is 0 Å². The van der Waals surface area contributed by atoms with Crippen LogP contribution in [-0.4, -0.2) is 18.5 Å². The van der Waals surface area contributed by atoms with Crippen molar-refractivity contribution in [2.75, 3.05) is 6.54 Å². The zero-order valence-corrected chi connectivity index (χ0v) is 12.7. The molecule has 1 aromatic rings. The van der Waals surface area contributed by atoms with Gasteiger partial charge in [0.2, 0.25) is 5.91 Å². The number of hydrogen-bond donors (Lipinski definition) is 2. The van der Waals surface area contributed by atoms with Crippen molar-refractivity contribution in [2.24, 2.45) is 0 Å². The minimum Gasteiger partial charge on any atom is -0.348 e. The highest BCUT2D eigenvalue weighted by Crippen LogP contribution is 2.36. The van der Waals surface area contributed by atoms with Crippen molar-refractivity contribution in [3.8, 4) is 0 Å². The van der Waals surface area contributed by atoms with Crippen molar-refractivity contribution in [2.45, 2.75) is 50.6 Å². The van der Waals surface area contributed by atoms with Crippen LogP contribution in [0.5, 0.6) is 0 Å². The van der Waals surface area contributed by atoms with Gasteiger partial charge in [0.25, 0.3) is 0 Å². The van der Waals surface area contributed by atoms with Gasteiger partial charge < -0.3 is 10.6 Å². The van der Waals surface area contributed by atoms with Gasteiger partial charge in [0.05, 0.1) is 12.1 Å². The molecule has 3 rings (SSSR count). The standard InChI is InChI=1S/C16H22N2O.ClH/c1-11-8-9-14(13-6-3-2-5-12(11)13)18-16(19)15-7-4-10-17-15;/h2-3,5-6,11,14-15,17H,4,7-10H2,1H3,(H,18,19);1H. The van der Waals surface area contributed by atoms with Crippen LogP contribution >= 0.6 is 12.4 Å². The van der Waals surface area contributed by atoms with Gasteiger partial charge in [-0.2, -0.15) is 0 Å². The summed E-state index contributed by atoms with van der Waals surface area (Å²) < 4.78 is 0. The van der Waals surface area contributed by atoms with E-state index in [9.17, 15) is 4.79 Å². The topological polar surface area (TPSA) is 41.1 Å². The molecule has 1 saturated heterocycles. The summed E-state index contributed by atoms with van der Waals surface area (Å²) in [6.07, 6.45) is 4.28. The van der Waals surface area contributed by atoms with Gasteiger partial charge in [-0.15, -0.1) is 12.4 Å². The monoisotopic (exact) mass is 294 g/mol. The second-order valence-corrected chi connectivity index (χ2v) is 5.82. The number of amides is 1. The highest BCUT2D eigenvalue weighted by Gasteiger charge is 2.28. The lowest BCUT2D eigenvalue weighted by Gasteiger charge is -2.31. The van der Waals surface area contributed by atoms with Gasteiger partial charge in [-0.05, 0) is 49.3 Å². The van der Waals surface area contributed by atoms with Crippen LogP contribution in [0.25, 0.3) is 0 Å².